The van der Waals surface area contributed by atoms with E-state index in [4.69, 9.17) is 29.2 Å². The molecule has 0 aliphatic carbocycles. The Balaban J connectivity index is 1.64. The molecule has 258 valence electrons. The summed E-state index contributed by atoms with van der Waals surface area (Å²) in [7, 11) is 0. The van der Waals surface area contributed by atoms with Crippen molar-refractivity contribution >= 4 is 35.3 Å². The summed E-state index contributed by atoms with van der Waals surface area (Å²) >= 11 is 5.17. The number of aromatic nitrogens is 3. The Bertz CT molecular complexity index is 1330. The summed E-state index contributed by atoms with van der Waals surface area (Å²) in [4.78, 5) is 14.2. The molecule has 4 aromatic rings. The fourth-order valence-corrected chi connectivity index (χ4v) is 7.96. The Hall–Kier alpha value is -2.88. The molecule has 48 heavy (non-hydrogen) atoms. The van der Waals surface area contributed by atoms with Crippen LogP contribution >= 0.6 is 35.3 Å². The zero-order valence-corrected chi connectivity index (χ0v) is 32.3. The van der Waals surface area contributed by atoms with Gasteiger partial charge in [0.1, 0.15) is 0 Å². The largest absolute Gasteiger partial charge is 0.448 e. The van der Waals surface area contributed by atoms with E-state index in [1.165, 1.54) is 16.7 Å². The van der Waals surface area contributed by atoms with Crippen LogP contribution in [0.2, 0.25) is 0 Å². The number of benzene rings is 3. The zero-order valence-electron chi connectivity index (χ0n) is 29.8. The van der Waals surface area contributed by atoms with Crippen LogP contribution in [-0.4, -0.2) is 31.3 Å². The van der Waals surface area contributed by atoms with Gasteiger partial charge in [-0.1, -0.05) is 153 Å². The lowest BCUT2D eigenvalue weighted by Gasteiger charge is -2.32. The quantitative estimate of drug-likeness (QED) is 0.112. The van der Waals surface area contributed by atoms with Crippen molar-refractivity contribution < 1.29 is 14.2 Å². The zero-order chi connectivity index (χ0) is 34.8. The summed E-state index contributed by atoms with van der Waals surface area (Å²) < 4.78 is 19.8. The van der Waals surface area contributed by atoms with Gasteiger partial charge in [-0.3, -0.25) is 0 Å². The van der Waals surface area contributed by atoms with E-state index in [1.54, 1.807) is 35.3 Å². The monoisotopic (exact) mass is 705 g/mol. The molecule has 3 atom stereocenters. The number of rotatable bonds is 15. The molecule has 0 spiro atoms. The highest BCUT2D eigenvalue weighted by atomic mass is 32.2. The van der Waals surface area contributed by atoms with Crippen LogP contribution in [0.3, 0.4) is 0 Å². The molecule has 1 heterocycles. The van der Waals surface area contributed by atoms with E-state index in [1.807, 2.05) is 18.2 Å². The molecular formula is C39H51N3O3S3. The van der Waals surface area contributed by atoms with E-state index >= 15 is 0 Å². The molecule has 0 saturated carbocycles. The fourth-order valence-electron chi connectivity index (χ4n) is 4.39. The lowest BCUT2D eigenvalue weighted by atomic mass is 9.98. The molecule has 6 nitrogen and oxygen atoms in total. The molecule has 0 aliphatic rings. The van der Waals surface area contributed by atoms with Gasteiger partial charge in [0.2, 0.25) is 0 Å². The first kappa shape index (κ1) is 37.9. The Morgan fingerprint density at radius 1 is 0.417 bits per heavy atom. The first-order chi connectivity index (χ1) is 22.7. The molecule has 3 aromatic carbocycles. The number of hydrogen-bond donors (Lipinski definition) is 0. The van der Waals surface area contributed by atoms with Gasteiger partial charge in [-0.15, -0.1) is 50.2 Å². The number of ether oxygens (including phenoxy) is 3. The Kier molecular flexibility index (Phi) is 13.6. The van der Waals surface area contributed by atoms with E-state index in [9.17, 15) is 0 Å². The van der Waals surface area contributed by atoms with Crippen LogP contribution in [0.25, 0.3) is 0 Å². The molecule has 0 radical (unpaired) electrons. The topological polar surface area (TPSA) is 66.4 Å². The van der Waals surface area contributed by atoms with Crippen LogP contribution in [0.1, 0.15) is 79.0 Å². The van der Waals surface area contributed by atoms with Crippen molar-refractivity contribution in [2.75, 3.05) is 0 Å². The van der Waals surface area contributed by atoms with Gasteiger partial charge < -0.3 is 14.2 Å². The molecule has 1 aromatic heterocycles. The summed E-state index contributed by atoms with van der Waals surface area (Å²) in [5.41, 5.74) is 2.38. The third kappa shape index (κ3) is 12.5. The maximum absolute atomic E-state index is 6.60. The molecular weight excluding hydrogens is 655 g/mol. The van der Waals surface area contributed by atoms with E-state index in [0.717, 1.165) is 17.3 Å². The Morgan fingerprint density at radius 3 is 0.854 bits per heavy atom. The van der Waals surface area contributed by atoms with E-state index in [2.05, 4.69) is 135 Å². The van der Waals surface area contributed by atoms with Crippen LogP contribution in [0, 0.1) is 16.2 Å². The van der Waals surface area contributed by atoms with Crippen molar-refractivity contribution in [3.63, 3.8) is 0 Å². The number of hydrogen-bond acceptors (Lipinski definition) is 9. The van der Waals surface area contributed by atoms with Gasteiger partial charge in [0, 0.05) is 33.5 Å². The van der Waals surface area contributed by atoms with E-state index < -0.39 is 0 Å². The second-order valence-corrected chi connectivity index (χ2v) is 18.2. The summed E-state index contributed by atoms with van der Waals surface area (Å²) in [6, 6.07) is 31.8. The van der Waals surface area contributed by atoms with Crippen molar-refractivity contribution in [1.29, 1.82) is 0 Å². The summed E-state index contributed by atoms with van der Waals surface area (Å²) in [5.74, 6) is 2.39. The predicted molar refractivity (Wildman–Crippen MR) is 205 cm³/mol. The van der Waals surface area contributed by atoms with Gasteiger partial charge in [-0.05, 0) is 16.7 Å². The van der Waals surface area contributed by atoms with Crippen molar-refractivity contribution in [2.45, 2.75) is 95.9 Å². The first-order valence-electron chi connectivity index (χ1n) is 16.4. The Morgan fingerprint density at radius 2 is 0.646 bits per heavy atom. The minimum atomic E-state index is -0.238. The molecule has 0 saturated heterocycles. The van der Waals surface area contributed by atoms with Crippen molar-refractivity contribution in [2.24, 2.45) is 16.2 Å². The molecule has 0 N–H and O–H groups in total. The molecule has 0 bridgehead atoms. The molecule has 0 fully saturated rings. The third-order valence-electron chi connectivity index (χ3n) is 7.07. The minimum absolute atomic E-state index is 0.192. The highest BCUT2D eigenvalue weighted by Crippen LogP contribution is 2.38. The van der Waals surface area contributed by atoms with Crippen molar-refractivity contribution in [1.82, 2.24) is 15.0 Å². The fraction of sp³-hybridized carbons (Fsp3) is 0.462. The summed E-state index contributed by atoms with van der Waals surface area (Å²) in [5, 5.41) is 0. The van der Waals surface area contributed by atoms with Crippen LogP contribution in [-0.2, 0) is 17.3 Å². The van der Waals surface area contributed by atoms with Gasteiger partial charge in [0.25, 0.3) is 0 Å². The number of thioether (sulfide) groups is 3. The lowest BCUT2D eigenvalue weighted by Crippen LogP contribution is -2.32. The Labute approximate surface area is 301 Å². The van der Waals surface area contributed by atoms with Crippen LogP contribution in [0.5, 0.6) is 18.0 Å². The average Bonchev–Trinajstić information content (AvgIpc) is 3.03. The smallest absolute Gasteiger partial charge is 0.326 e. The SMILES string of the molecule is CC(C)(C)C(Oc1nc(OC(SCc2ccccc2)C(C)(C)C)nc(OC(SCc2ccccc2)C(C)(C)C)n1)SCc1ccccc1. The van der Waals surface area contributed by atoms with Crippen LogP contribution in [0.15, 0.2) is 91.0 Å². The third-order valence-corrected chi connectivity index (χ3v) is 11.9. The second kappa shape index (κ2) is 17.2. The van der Waals surface area contributed by atoms with Crippen LogP contribution < -0.4 is 14.2 Å². The maximum atomic E-state index is 6.60. The van der Waals surface area contributed by atoms with Gasteiger partial charge in [-0.2, -0.15) is 0 Å². The lowest BCUT2D eigenvalue weighted by molar-refractivity contribution is 0.119. The summed E-state index contributed by atoms with van der Waals surface area (Å²) in [6.45, 7) is 19.5. The molecule has 4 rings (SSSR count). The standard InChI is InChI=1S/C39H51N3O3S3/c1-37(2,3)31(46-25-28-19-13-10-14-20-28)43-34-40-35(44-32(38(4,5)6)47-26-29-21-15-11-16-22-29)42-36(41-34)45-33(39(7,8)9)48-27-30-23-17-12-18-24-30/h10-24,31-33H,25-27H2,1-9H3. The molecule has 3 unspecified atom stereocenters. The second-order valence-electron chi connectivity index (χ2n) is 15.0. The van der Waals surface area contributed by atoms with Gasteiger partial charge in [-0.25, -0.2) is 0 Å². The molecule has 9 heteroatoms. The van der Waals surface area contributed by atoms with E-state index in [0.29, 0.717) is 0 Å². The van der Waals surface area contributed by atoms with Gasteiger partial charge in [0.05, 0.1) is 0 Å². The maximum Gasteiger partial charge on any atom is 0.326 e. The summed E-state index contributed by atoms with van der Waals surface area (Å²) in [6.07, 6.45) is 0. The first-order valence-corrected chi connectivity index (χ1v) is 19.5. The molecule has 0 amide bonds. The minimum Gasteiger partial charge on any atom is -0.448 e. The van der Waals surface area contributed by atoms with Crippen molar-refractivity contribution in [3.8, 4) is 18.0 Å². The van der Waals surface area contributed by atoms with Gasteiger partial charge in [0.15, 0.2) is 16.3 Å². The van der Waals surface area contributed by atoms with Gasteiger partial charge >= 0.3 is 18.0 Å². The highest BCUT2D eigenvalue weighted by molar-refractivity contribution is 7.99. The highest BCUT2D eigenvalue weighted by Gasteiger charge is 2.33. The normalized spacial score (nSPS) is 14.2. The molecule has 0 aliphatic heterocycles. The average molecular weight is 706 g/mol. The van der Waals surface area contributed by atoms with E-state index in [-0.39, 0.29) is 50.6 Å². The number of nitrogens with zero attached hydrogens (tertiary/aromatic N) is 3. The van der Waals surface area contributed by atoms with Crippen molar-refractivity contribution in [3.05, 3.63) is 108 Å². The predicted octanol–water partition coefficient (Wildman–Crippen LogP) is 10.9. The van der Waals surface area contributed by atoms with Crippen LogP contribution in [0.4, 0.5) is 0 Å².